The molecule has 0 saturated carbocycles. The first-order chi connectivity index (χ1) is 7.81. The Hall–Kier alpha value is -2.15. The van der Waals surface area contributed by atoms with Crippen molar-refractivity contribution in [3.8, 4) is 11.1 Å². The van der Waals surface area contributed by atoms with Gasteiger partial charge in [0.25, 0.3) is 0 Å². The second-order valence-corrected chi connectivity index (χ2v) is 3.55. The zero-order valence-electron chi connectivity index (χ0n) is 9.06. The maximum Gasteiger partial charge on any atom is 0.0623 e. The number of rotatable bonds is 3. The second kappa shape index (κ2) is 4.58. The molecule has 2 aromatic carbocycles. The summed E-state index contributed by atoms with van der Waals surface area (Å²) in [7, 11) is 0. The Morgan fingerprint density at radius 3 is 2.25 bits per heavy atom. The molecule has 2 rings (SSSR count). The molecule has 0 aromatic heterocycles. The van der Waals surface area contributed by atoms with Crippen LogP contribution < -0.4 is 0 Å². The first-order valence-electron chi connectivity index (χ1n) is 5.13. The minimum atomic E-state index is 0.706. The van der Waals surface area contributed by atoms with Crippen molar-refractivity contribution >= 4 is 12.4 Å². The van der Waals surface area contributed by atoms with Gasteiger partial charge in [-0.15, -0.1) is 0 Å². The molecule has 0 bridgehead atoms. The minimum absolute atomic E-state index is 0.706. The van der Waals surface area contributed by atoms with Crippen LogP contribution in [0.4, 0.5) is 0 Å². The maximum atomic E-state index is 3.85. The van der Waals surface area contributed by atoms with E-state index < -0.39 is 0 Å². The van der Waals surface area contributed by atoms with Gasteiger partial charge < -0.3 is 0 Å². The van der Waals surface area contributed by atoms with Gasteiger partial charge in [0.1, 0.15) is 0 Å². The van der Waals surface area contributed by atoms with Crippen LogP contribution in [0.3, 0.4) is 0 Å². The molecule has 2 aromatic rings. The van der Waals surface area contributed by atoms with Gasteiger partial charge in [0.2, 0.25) is 0 Å². The van der Waals surface area contributed by atoms with E-state index in [0.717, 1.165) is 5.56 Å². The van der Waals surface area contributed by atoms with E-state index in [9.17, 15) is 0 Å². The van der Waals surface area contributed by atoms with Crippen LogP contribution >= 0.6 is 0 Å². The summed E-state index contributed by atoms with van der Waals surface area (Å²) in [5.41, 5.74) is 4.08. The molecule has 0 atom stereocenters. The lowest BCUT2D eigenvalue weighted by atomic mass is 10.0. The van der Waals surface area contributed by atoms with Crippen LogP contribution in [0, 0.1) is 0 Å². The molecule has 0 unspecified atom stereocenters. The third kappa shape index (κ3) is 2.09. The van der Waals surface area contributed by atoms with Crippen molar-refractivity contribution in [2.75, 3.05) is 0 Å². The van der Waals surface area contributed by atoms with E-state index in [4.69, 9.17) is 0 Å². The molecular formula is C15H13N. The predicted octanol–water partition coefficient (Wildman–Crippen LogP) is 4.02. The SMILES string of the molecule is C=NC(=C)c1cccc(-c2ccccc2)c1. The lowest BCUT2D eigenvalue weighted by Gasteiger charge is -2.04. The number of hydrogen-bond acceptors (Lipinski definition) is 1. The van der Waals surface area contributed by atoms with E-state index in [0.29, 0.717) is 5.70 Å². The highest BCUT2D eigenvalue weighted by atomic mass is 14.7. The van der Waals surface area contributed by atoms with Crippen molar-refractivity contribution in [1.29, 1.82) is 0 Å². The number of nitrogens with zero attached hydrogens (tertiary/aromatic N) is 1. The topological polar surface area (TPSA) is 12.4 Å². The molecule has 0 aliphatic carbocycles. The zero-order valence-corrected chi connectivity index (χ0v) is 9.06. The fourth-order valence-corrected chi connectivity index (χ4v) is 1.60. The molecule has 0 amide bonds. The van der Waals surface area contributed by atoms with Crippen LogP contribution in [-0.4, -0.2) is 6.72 Å². The van der Waals surface area contributed by atoms with Gasteiger partial charge in [-0.05, 0) is 23.9 Å². The van der Waals surface area contributed by atoms with Gasteiger partial charge >= 0.3 is 0 Å². The van der Waals surface area contributed by atoms with Gasteiger partial charge in [-0.3, -0.25) is 4.99 Å². The summed E-state index contributed by atoms with van der Waals surface area (Å²) in [6.45, 7) is 7.34. The molecule has 0 aliphatic heterocycles. The van der Waals surface area contributed by atoms with Gasteiger partial charge in [0.05, 0.1) is 5.70 Å². The van der Waals surface area contributed by atoms with Crippen molar-refractivity contribution in [2.24, 2.45) is 4.99 Å². The first kappa shape index (κ1) is 10.4. The monoisotopic (exact) mass is 207 g/mol. The van der Waals surface area contributed by atoms with E-state index in [2.05, 4.69) is 42.6 Å². The quantitative estimate of drug-likeness (QED) is 0.674. The van der Waals surface area contributed by atoms with Crippen LogP contribution in [0.5, 0.6) is 0 Å². The standard InChI is InChI=1S/C15H13N/c1-12(16-2)14-9-6-10-15(11-14)13-7-4-3-5-8-13/h3-11H,1-2H2. The molecule has 0 aliphatic rings. The average molecular weight is 207 g/mol. The van der Waals surface area contributed by atoms with Crippen LogP contribution in [0.15, 0.2) is 66.2 Å². The third-order valence-corrected chi connectivity index (χ3v) is 2.49. The largest absolute Gasteiger partial charge is 0.265 e. The Morgan fingerprint density at radius 1 is 0.875 bits per heavy atom. The normalized spacial score (nSPS) is 9.75. The predicted molar refractivity (Wildman–Crippen MR) is 70.5 cm³/mol. The summed E-state index contributed by atoms with van der Waals surface area (Å²) in [6, 6.07) is 18.4. The van der Waals surface area contributed by atoms with E-state index in [1.807, 2.05) is 30.3 Å². The summed E-state index contributed by atoms with van der Waals surface area (Å²) >= 11 is 0. The zero-order chi connectivity index (χ0) is 11.4. The highest BCUT2D eigenvalue weighted by molar-refractivity contribution is 5.72. The molecule has 0 heterocycles. The fraction of sp³-hybridized carbons (Fsp3) is 0. The Bertz CT molecular complexity index is 512. The summed E-state index contributed by atoms with van der Waals surface area (Å²) in [6.07, 6.45) is 0. The second-order valence-electron chi connectivity index (χ2n) is 3.55. The minimum Gasteiger partial charge on any atom is -0.265 e. The summed E-state index contributed by atoms with van der Waals surface area (Å²) in [5, 5.41) is 0. The number of aliphatic imine (C=N–C) groups is 1. The molecule has 0 fully saturated rings. The van der Waals surface area contributed by atoms with Crippen molar-refractivity contribution in [3.63, 3.8) is 0 Å². The smallest absolute Gasteiger partial charge is 0.0623 e. The molecule has 0 saturated heterocycles. The molecule has 0 N–H and O–H groups in total. The first-order valence-corrected chi connectivity index (χ1v) is 5.13. The van der Waals surface area contributed by atoms with Gasteiger partial charge in [0, 0.05) is 5.56 Å². The number of hydrogen-bond donors (Lipinski definition) is 0. The average Bonchev–Trinajstić information content (AvgIpc) is 2.39. The summed E-state index contributed by atoms with van der Waals surface area (Å²) in [4.78, 5) is 3.85. The molecular weight excluding hydrogens is 194 g/mol. The van der Waals surface area contributed by atoms with Crippen molar-refractivity contribution in [1.82, 2.24) is 0 Å². The van der Waals surface area contributed by atoms with Gasteiger partial charge in [-0.2, -0.15) is 0 Å². The Morgan fingerprint density at radius 2 is 1.56 bits per heavy atom. The Labute approximate surface area is 95.8 Å². The van der Waals surface area contributed by atoms with Crippen molar-refractivity contribution < 1.29 is 0 Å². The van der Waals surface area contributed by atoms with E-state index in [1.165, 1.54) is 11.1 Å². The molecule has 16 heavy (non-hydrogen) atoms. The highest BCUT2D eigenvalue weighted by Gasteiger charge is 2.00. The number of benzene rings is 2. The van der Waals surface area contributed by atoms with Crippen LogP contribution in [-0.2, 0) is 0 Å². The molecule has 0 spiro atoms. The molecule has 1 heteroatoms. The Balaban J connectivity index is 2.44. The maximum absolute atomic E-state index is 3.85. The van der Waals surface area contributed by atoms with Gasteiger partial charge in [-0.1, -0.05) is 55.1 Å². The Kier molecular flexibility index (Phi) is 2.97. The third-order valence-electron chi connectivity index (χ3n) is 2.49. The molecule has 78 valence electrons. The molecule has 0 radical (unpaired) electrons. The van der Waals surface area contributed by atoms with Crippen LogP contribution in [0.2, 0.25) is 0 Å². The summed E-state index contributed by atoms with van der Waals surface area (Å²) in [5.74, 6) is 0. The van der Waals surface area contributed by atoms with Crippen LogP contribution in [0.25, 0.3) is 16.8 Å². The van der Waals surface area contributed by atoms with Gasteiger partial charge in [-0.25, -0.2) is 0 Å². The van der Waals surface area contributed by atoms with Gasteiger partial charge in [0.15, 0.2) is 0 Å². The lowest BCUT2D eigenvalue weighted by Crippen LogP contribution is -1.82. The van der Waals surface area contributed by atoms with E-state index >= 15 is 0 Å². The lowest BCUT2D eigenvalue weighted by molar-refractivity contribution is 1.52. The van der Waals surface area contributed by atoms with Crippen LogP contribution in [0.1, 0.15) is 5.56 Å². The summed E-state index contributed by atoms with van der Waals surface area (Å²) < 4.78 is 0. The molecule has 1 nitrogen and oxygen atoms in total. The van der Waals surface area contributed by atoms with E-state index in [1.54, 1.807) is 0 Å². The highest BCUT2D eigenvalue weighted by Crippen LogP contribution is 2.23. The van der Waals surface area contributed by atoms with Crippen molar-refractivity contribution in [2.45, 2.75) is 0 Å². The fourth-order valence-electron chi connectivity index (χ4n) is 1.60. The van der Waals surface area contributed by atoms with E-state index in [-0.39, 0.29) is 0 Å². The van der Waals surface area contributed by atoms with Crippen molar-refractivity contribution in [3.05, 3.63) is 66.7 Å².